The van der Waals surface area contributed by atoms with Gasteiger partial charge in [0, 0.05) is 18.4 Å². The fraction of sp³-hybridized carbons (Fsp3) is 0.929. The molecule has 3 saturated carbocycles. The molecule has 7 aliphatic rings. The molecule has 0 aromatic rings. The van der Waals surface area contributed by atoms with Gasteiger partial charge in [0.1, 0.15) is 79.9 Å². The third-order valence-corrected chi connectivity index (χ3v) is 14.4. The normalized spacial score (nSPS) is 51.6. The van der Waals surface area contributed by atoms with E-state index >= 15 is 0 Å². The zero-order chi connectivity index (χ0) is 47.7. The molecule has 0 spiro atoms. The Balaban J connectivity index is 0.996. The van der Waals surface area contributed by atoms with Crippen molar-refractivity contribution in [3.63, 3.8) is 0 Å². The van der Waals surface area contributed by atoms with Crippen molar-refractivity contribution in [2.45, 2.75) is 205 Å². The van der Waals surface area contributed by atoms with Gasteiger partial charge in [-0.2, -0.15) is 0 Å². The molecular weight excluding hydrogens is 888 g/mol. The Labute approximate surface area is 379 Å². The summed E-state index contributed by atoms with van der Waals surface area (Å²) >= 11 is 0. The van der Waals surface area contributed by atoms with E-state index in [4.69, 9.17) is 37.9 Å². The number of hydrogen-bond donors (Lipinski definition) is 15. The van der Waals surface area contributed by atoms with E-state index < -0.39 is 185 Å². The van der Waals surface area contributed by atoms with Crippen LogP contribution in [0, 0.1) is 17.8 Å². The van der Waals surface area contributed by atoms with Gasteiger partial charge < -0.3 is 114 Å². The highest BCUT2D eigenvalue weighted by Gasteiger charge is 2.54. The standard InChI is InChI=1S/C42H68O24/c43-12-26-30(50)33(53)36(56)40(64-26)61-23-10-17(45)9-22-18(23)11-25(39(60-22)16-3-5-19(46)21(48)8-16)63-42-38(58)35(55)32(52)28(66-42)14-59-29(49)6-2-15-1-4-20(47)24(7-15)62-41-37(57)34(54)31(51)27(13-44)65-41/h2,6,15-28,30-48,50-58H,1,3-5,7-14H2/t15?,16?,17?,18?,19?,20?,21?,22?,23?,24?,25?,26-,27-,28-,30-,31-,32-,33+,34+,35+,36-,37-,38-,39?,40-,41-,42-/m1/s1. The van der Waals surface area contributed by atoms with Gasteiger partial charge in [-0.1, -0.05) is 6.08 Å². The number of aliphatic hydroxyl groups is 15. The Kier molecular flexibility index (Phi) is 17.9. The molecule has 0 aromatic heterocycles. The first-order valence-electron chi connectivity index (χ1n) is 22.9. The first-order chi connectivity index (χ1) is 31.4. The van der Waals surface area contributed by atoms with Crippen LogP contribution in [0.1, 0.15) is 57.8 Å². The highest BCUT2D eigenvalue weighted by molar-refractivity contribution is 5.81. The maximum absolute atomic E-state index is 13.0. The maximum Gasteiger partial charge on any atom is 0.330 e. The molecule has 7 rings (SSSR count). The van der Waals surface area contributed by atoms with Crippen molar-refractivity contribution in [3.05, 3.63) is 12.2 Å². The second kappa shape index (κ2) is 22.6. The second-order valence-corrected chi connectivity index (χ2v) is 18.9. The Morgan fingerprint density at radius 1 is 0.500 bits per heavy atom. The Morgan fingerprint density at radius 3 is 1.61 bits per heavy atom. The summed E-state index contributed by atoms with van der Waals surface area (Å²) in [7, 11) is 0. The molecule has 0 radical (unpaired) electrons. The predicted octanol–water partition coefficient (Wildman–Crippen LogP) is -6.74. The number of ether oxygens (including phenoxy) is 8. The van der Waals surface area contributed by atoms with Crippen molar-refractivity contribution in [1.29, 1.82) is 0 Å². The molecule has 15 N–H and O–H groups in total. The highest BCUT2D eigenvalue weighted by atomic mass is 16.7. The number of hydrogen-bond acceptors (Lipinski definition) is 24. The van der Waals surface area contributed by atoms with Crippen LogP contribution < -0.4 is 0 Å². The van der Waals surface area contributed by atoms with Gasteiger partial charge in [-0.15, -0.1) is 0 Å². The van der Waals surface area contributed by atoms with Gasteiger partial charge in [0.05, 0.1) is 68.1 Å². The minimum Gasteiger partial charge on any atom is -0.460 e. The molecule has 0 aromatic carbocycles. The van der Waals surface area contributed by atoms with Gasteiger partial charge >= 0.3 is 5.97 Å². The van der Waals surface area contributed by atoms with Crippen molar-refractivity contribution < 1.29 is 119 Å². The van der Waals surface area contributed by atoms with Crippen LogP contribution >= 0.6 is 0 Å². The molecule has 27 atom stereocenters. The lowest BCUT2D eigenvalue weighted by atomic mass is 9.72. The van der Waals surface area contributed by atoms with Crippen molar-refractivity contribution >= 4 is 5.97 Å². The lowest BCUT2D eigenvalue weighted by Crippen LogP contribution is -2.63. The van der Waals surface area contributed by atoms with Crippen molar-refractivity contribution in [2.75, 3.05) is 19.8 Å². The lowest BCUT2D eigenvalue weighted by molar-refractivity contribution is -0.344. The van der Waals surface area contributed by atoms with E-state index in [1.165, 1.54) is 6.08 Å². The third-order valence-electron chi connectivity index (χ3n) is 14.4. The molecule has 24 nitrogen and oxygen atoms in total. The molecule has 4 aliphatic heterocycles. The predicted molar refractivity (Wildman–Crippen MR) is 214 cm³/mol. The average molecular weight is 957 g/mol. The molecule has 12 unspecified atom stereocenters. The van der Waals surface area contributed by atoms with Gasteiger partial charge in [0.2, 0.25) is 0 Å². The quantitative estimate of drug-likeness (QED) is 0.0603. The van der Waals surface area contributed by atoms with Crippen LogP contribution in [0.5, 0.6) is 0 Å². The fourth-order valence-electron chi connectivity index (χ4n) is 10.5. The zero-order valence-electron chi connectivity index (χ0n) is 36.1. The number of esters is 1. The van der Waals surface area contributed by atoms with Crippen LogP contribution in [0.15, 0.2) is 12.2 Å². The van der Waals surface area contributed by atoms with E-state index in [9.17, 15) is 81.4 Å². The molecular formula is C42H68O24. The van der Waals surface area contributed by atoms with Gasteiger partial charge in [-0.25, -0.2) is 4.79 Å². The molecule has 66 heavy (non-hydrogen) atoms. The molecule has 7 fully saturated rings. The van der Waals surface area contributed by atoms with Gasteiger partial charge in [0.25, 0.3) is 0 Å². The van der Waals surface area contributed by atoms with Crippen molar-refractivity contribution in [2.24, 2.45) is 17.8 Å². The summed E-state index contributed by atoms with van der Waals surface area (Å²) in [6.45, 7) is -1.98. The summed E-state index contributed by atoms with van der Waals surface area (Å²) in [6.07, 6.45) is -28.1. The number of fused-ring (bicyclic) bond motifs is 1. The minimum absolute atomic E-state index is 0.0137. The summed E-state index contributed by atoms with van der Waals surface area (Å²) in [4.78, 5) is 13.0. The first-order valence-corrected chi connectivity index (χ1v) is 22.9. The van der Waals surface area contributed by atoms with E-state index in [0.717, 1.165) is 6.08 Å². The zero-order valence-corrected chi connectivity index (χ0v) is 36.1. The van der Waals surface area contributed by atoms with Crippen molar-refractivity contribution in [3.8, 4) is 0 Å². The van der Waals surface area contributed by atoms with E-state index in [2.05, 4.69) is 0 Å². The molecule has 380 valence electrons. The lowest BCUT2D eigenvalue weighted by Gasteiger charge is -2.52. The second-order valence-electron chi connectivity index (χ2n) is 18.9. The summed E-state index contributed by atoms with van der Waals surface area (Å²) < 4.78 is 47.2. The van der Waals surface area contributed by atoms with Crippen LogP contribution in [0.3, 0.4) is 0 Å². The summed E-state index contributed by atoms with van der Waals surface area (Å²) in [5.74, 6) is -2.25. The summed E-state index contributed by atoms with van der Waals surface area (Å²) in [5, 5.41) is 157. The number of allylic oxidation sites excluding steroid dienone is 1. The van der Waals surface area contributed by atoms with Gasteiger partial charge in [0.15, 0.2) is 18.9 Å². The van der Waals surface area contributed by atoms with E-state index in [1.807, 2.05) is 0 Å². The highest BCUT2D eigenvalue weighted by Crippen LogP contribution is 2.45. The number of rotatable bonds is 13. The van der Waals surface area contributed by atoms with Crippen LogP contribution in [0.25, 0.3) is 0 Å². The summed E-state index contributed by atoms with van der Waals surface area (Å²) in [5.41, 5.74) is 0. The van der Waals surface area contributed by atoms with Crippen LogP contribution in [0.2, 0.25) is 0 Å². The van der Waals surface area contributed by atoms with Crippen LogP contribution in [-0.4, -0.2) is 249 Å². The van der Waals surface area contributed by atoms with E-state index in [-0.39, 0.29) is 50.9 Å². The third kappa shape index (κ3) is 11.6. The Morgan fingerprint density at radius 2 is 1.03 bits per heavy atom. The molecule has 0 amide bonds. The molecule has 24 heteroatoms. The molecule has 4 saturated heterocycles. The first kappa shape index (κ1) is 52.2. The monoisotopic (exact) mass is 956 g/mol. The number of aliphatic hydroxyl groups excluding tert-OH is 15. The number of carbonyl (C=O) groups is 1. The average Bonchev–Trinajstić information content (AvgIpc) is 3.29. The fourth-order valence-corrected chi connectivity index (χ4v) is 10.5. The largest absolute Gasteiger partial charge is 0.460 e. The maximum atomic E-state index is 13.0. The van der Waals surface area contributed by atoms with Gasteiger partial charge in [-0.3, -0.25) is 0 Å². The summed E-state index contributed by atoms with van der Waals surface area (Å²) in [6, 6.07) is 0. The minimum atomic E-state index is -1.85. The van der Waals surface area contributed by atoms with Crippen LogP contribution in [-0.2, 0) is 42.7 Å². The topological polar surface area (TPSA) is 394 Å². The van der Waals surface area contributed by atoms with E-state index in [0.29, 0.717) is 12.8 Å². The molecule has 3 aliphatic carbocycles. The van der Waals surface area contributed by atoms with Gasteiger partial charge in [-0.05, 0) is 63.2 Å². The SMILES string of the molecule is O=C(C=CC1CCC(O)C(O[C@@H]2O[C@H](CO)[C@@H](O)[C@H](O)[C@H]2O)C1)OC[C@H]1O[C@@H](OC2CC3C(CC(O)CC3O[C@@H]3O[C@H](CO)[C@@H](O)[C@H](O)[C@H]3O)OC2C2CCC(O)C(O)C2)[C@H](O)[C@@H](O)[C@@H]1O. The van der Waals surface area contributed by atoms with Crippen LogP contribution in [0.4, 0.5) is 0 Å². The number of carbonyl (C=O) groups excluding carboxylic acids is 1. The van der Waals surface area contributed by atoms with Crippen molar-refractivity contribution in [1.82, 2.24) is 0 Å². The molecule has 0 bridgehead atoms. The Hall–Kier alpha value is -1.67. The smallest absolute Gasteiger partial charge is 0.330 e. The Bertz CT molecular complexity index is 1580. The van der Waals surface area contributed by atoms with E-state index in [1.54, 1.807) is 0 Å². The molecule has 4 heterocycles.